The quantitative estimate of drug-likeness (QED) is 0.622. The van der Waals surface area contributed by atoms with E-state index in [4.69, 9.17) is 8.94 Å². The monoisotopic (exact) mass is 295 g/mol. The highest BCUT2D eigenvalue weighted by atomic mass is 16.5. The van der Waals surface area contributed by atoms with Crippen LogP contribution in [0.2, 0.25) is 0 Å². The number of furan rings is 1. The predicted octanol–water partition coefficient (Wildman–Crippen LogP) is 2.23. The van der Waals surface area contributed by atoms with Crippen LogP contribution >= 0.6 is 0 Å². The summed E-state index contributed by atoms with van der Waals surface area (Å²) in [7, 11) is 0. The summed E-state index contributed by atoms with van der Waals surface area (Å²) in [6.45, 7) is 0. The van der Waals surface area contributed by atoms with Crippen molar-refractivity contribution in [3.05, 3.63) is 54.8 Å². The van der Waals surface area contributed by atoms with Crippen LogP contribution in [0.15, 0.2) is 58.0 Å². The third-order valence-electron chi connectivity index (χ3n) is 3.06. The Hall–Kier alpha value is -3.42. The van der Waals surface area contributed by atoms with Gasteiger partial charge in [0.05, 0.1) is 24.4 Å². The highest BCUT2D eigenvalue weighted by Crippen LogP contribution is 2.21. The molecule has 22 heavy (non-hydrogen) atoms. The summed E-state index contributed by atoms with van der Waals surface area (Å²) >= 11 is 0. The van der Waals surface area contributed by atoms with Gasteiger partial charge in [-0.25, -0.2) is 4.52 Å². The highest BCUT2D eigenvalue weighted by Gasteiger charge is 2.14. The topological polar surface area (TPSA) is 98.5 Å². The molecule has 0 spiro atoms. The molecule has 1 N–H and O–H groups in total. The Balaban J connectivity index is 1.72. The number of rotatable bonds is 3. The number of carbonyl (C=O) groups excluding carboxylic acids is 1. The molecule has 0 atom stereocenters. The summed E-state index contributed by atoms with van der Waals surface area (Å²) in [4.78, 5) is 16.2. The first kappa shape index (κ1) is 12.3. The molecule has 0 unspecified atom stereocenters. The third kappa shape index (κ3) is 2.03. The Morgan fingerprint density at radius 1 is 1.23 bits per heavy atom. The summed E-state index contributed by atoms with van der Waals surface area (Å²) in [6, 6.07) is 8.81. The number of amides is 1. The minimum Gasteiger partial charge on any atom is -0.472 e. The van der Waals surface area contributed by atoms with Gasteiger partial charge in [0, 0.05) is 11.6 Å². The van der Waals surface area contributed by atoms with E-state index in [9.17, 15) is 4.79 Å². The van der Waals surface area contributed by atoms with Crippen molar-refractivity contribution < 1.29 is 13.7 Å². The van der Waals surface area contributed by atoms with Gasteiger partial charge in [0.15, 0.2) is 5.65 Å². The Kier molecular flexibility index (Phi) is 2.72. The molecule has 4 aromatic rings. The van der Waals surface area contributed by atoms with E-state index in [0.29, 0.717) is 5.65 Å². The maximum atomic E-state index is 11.9. The summed E-state index contributed by atoms with van der Waals surface area (Å²) in [5, 5.41) is 10.3. The first-order valence-corrected chi connectivity index (χ1v) is 6.42. The molecule has 0 fully saturated rings. The SMILES string of the molecule is O=C(Nc1nc2cccc(-c3ccoc3)n2n1)c1ccno1. The van der Waals surface area contributed by atoms with Crippen LogP contribution in [0.5, 0.6) is 0 Å². The van der Waals surface area contributed by atoms with Gasteiger partial charge in [0.1, 0.15) is 0 Å². The maximum Gasteiger partial charge on any atom is 0.296 e. The highest BCUT2D eigenvalue weighted by molar-refractivity contribution is 6.01. The lowest BCUT2D eigenvalue weighted by molar-refractivity contribution is 0.0987. The molecule has 0 saturated carbocycles. The minimum atomic E-state index is -0.460. The molecule has 0 bridgehead atoms. The number of aromatic nitrogens is 4. The van der Waals surface area contributed by atoms with E-state index in [0.717, 1.165) is 11.3 Å². The van der Waals surface area contributed by atoms with Crippen LogP contribution in [0.4, 0.5) is 5.95 Å². The molecule has 0 aromatic carbocycles. The summed E-state index contributed by atoms with van der Waals surface area (Å²) in [5.41, 5.74) is 2.27. The first-order valence-electron chi connectivity index (χ1n) is 6.42. The third-order valence-corrected chi connectivity index (χ3v) is 3.06. The van der Waals surface area contributed by atoms with Gasteiger partial charge in [-0.2, -0.15) is 4.98 Å². The largest absolute Gasteiger partial charge is 0.472 e. The summed E-state index contributed by atoms with van der Waals surface area (Å²) < 4.78 is 11.5. The lowest BCUT2D eigenvalue weighted by Crippen LogP contribution is -2.12. The van der Waals surface area contributed by atoms with E-state index in [1.54, 1.807) is 23.1 Å². The molecule has 1 amide bonds. The van der Waals surface area contributed by atoms with Gasteiger partial charge >= 0.3 is 0 Å². The number of nitrogens with zero attached hydrogens (tertiary/aromatic N) is 4. The Labute approximate surface area is 123 Å². The van der Waals surface area contributed by atoms with Gasteiger partial charge < -0.3 is 8.94 Å². The van der Waals surface area contributed by atoms with Crippen molar-refractivity contribution >= 4 is 17.5 Å². The number of hydrogen-bond acceptors (Lipinski definition) is 6. The standard InChI is InChI=1S/C14H9N5O3/c20-13(11-4-6-15-22-11)17-14-16-12-3-1-2-10(19(12)18-14)9-5-7-21-8-9/h1-8H,(H,17,18,20). The molecule has 0 aliphatic carbocycles. The van der Waals surface area contributed by atoms with Gasteiger partial charge in [-0.1, -0.05) is 11.2 Å². The zero-order valence-corrected chi connectivity index (χ0v) is 11.1. The van der Waals surface area contributed by atoms with Gasteiger partial charge in [0.2, 0.25) is 11.7 Å². The molecule has 0 saturated heterocycles. The van der Waals surface area contributed by atoms with Crippen LogP contribution in [0.25, 0.3) is 16.9 Å². The minimum absolute atomic E-state index is 0.0916. The average molecular weight is 295 g/mol. The fourth-order valence-corrected chi connectivity index (χ4v) is 2.08. The van der Waals surface area contributed by atoms with E-state index in [1.807, 2.05) is 18.2 Å². The van der Waals surface area contributed by atoms with Gasteiger partial charge in [-0.3, -0.25) is 10.1 Å². The van der Waals surface area contributed by atoms with Gasteiger partial charge in [-0.15, -0.1) is 5.10 Å². The van der Waals surface area contributed by atoms with Crippen molar-refractivity contribution in [1.82, 2.24) is 19.8 Å². The van der Waals surface area contributed by atoms with E-state index in [-0.39, 0.29) is 11.7 Å². The number of carbonyl (C=O) groups is 1. The number of anilines is 1. The number of hydrogen-bond donors (Lipinski definition) is 1. The fraction of sp³-hybridized carbons (Fsp3) is 0. The van der Waals surface area contributed by atoms with Crippen molar-refractivity contribution in [2.75, 3.05) is 5.32 Å². The van der Waals surface area contributed by atoms with Gasteiger partial charge in [0.25, 0.3) is 5.91 Å². The van der Waals surface area contributed by atoms with E-state index in [2.05, 4.69) is 20.6 Å². The second-order valence-electron chi connectivity index (χ2n) is 4.46. The zero-order valence-electron chi connectivity index (χ0n) is 11.1. The molecule has 4 rings (SSSR count). The lowest BCUT2D eigenvalue weighted by atomic mass is 10.2. The zero-order chi connectivity index (χ0) is 14.9. The molecular weight excluding hydrogens is 286 g/mol. The van der Waals surface area contributed by atoms with Crippen LogP contribution in [-0.2, 0) is 0 Å². The summed E-state index contributed by atoms with van der Waals surface area (Å²) in [5.74, 6) is -0.190. The van der Waals surface area contributed by atoms with Gasteiger partial charge in [-0.05, 0) is 18.2 Å². The van der Waals surface area contributed by atoms with Crippen molar-refractivity contribution in [3.63, 3.8) is 0 Å². The van der Waals surface area contributed by atoms with Crippen molar-refractivity contribution in [2.45, 2.75) is 0 Å². The molecule has 0 aliphatic rings. The van der Waals surface area contributed by atoms with Crippen LogP contribution in [0.1, 0.15) is 10.6 Å². The predicted molar refractivity (Wildman–Crippen MR) is 75.1 cm³/mol. The molecular formula is C14H9N5O3. The van der Waals surface area contributed by atoms with E-state index in [1.165, 1.54) is 12.3 Å². The molecule has 4 aromatic heterocycles. The molecule has 0 radical (unpaired) electrons. The second-order valence-corrected chi connectivity index (χ2v) is 4.46. The van der Waals surface area contributed by atoms with Crippen LogP contribution in [0.3, 0.4) is 0 Å². The molecule has 8 heteroatoms. The lowest BCUT2D eigenvalue weighted by Gasteiger charge is -1.99. The van der Waals surface area contributed by atoms with E-state index >= 15 is 0 Å². The number of nitrogens with one attached hydrogen (secondary N) is 1. The number of fused-ring (bicyclic) bond motifs is 1. The van der Waals surface area contributed by atoms with Crippen molar-refractivity contribution in [3.8, 4) is 11.3 Å². The van der Waals surface area contributed by atoms with Crippen LogP contribution in [-0.4, -0.2) is 25.7 Å². The van der Waals surface area contributed by atoms with Crippen LogP contribution in [0, 0.1) is 0 Å². The molecule has 8 nitrogen and oxygen atoms in total. The smallest absolute Gasteiger partial charge is 0.296 e. The maximum absolute atomic E-state index is 11.9. The van der Waals surface area contributed by atoms with E-state index < -0.39 is 5.91 Å². The Bertz CT molecular complexity index is 925. The molecule has 108 valence electrons. The average Bonchev–Trinajstić information content (AvgIpc) is 3.26. The second kappa shape index (κ2) is 4.85. The van der Waals surface area contributed by atoms with Crippen LogP contribution < -0.4 is 5.32 Å². The van der Waals surface area contributed by atoms with Crippen molar-refractivity contribution in [2.24, 2.45) is 0 Å². The molecule has 4 heterocycles. The Morgan fingerprint density at radius 3 is 2.95 bits per heavy atom. The summed E-state index contributed by atoms with van der Waals surface area (Å²) in [6.07, 6.45) is 4.59. The fourth-order valence-electron chi connectivity index (χ4n) is 2.08. The normalized spacial score (nSPS) is 10.9. The first-order chi connectivity index (χ1) is 10.8. The Morgan fingerprint density at radius 2 is 2.18 bits per heavy atom. The number of pyridine rings is 1. The van der Waals surface area contributed by atoms with Crippen molar-refractivity contribution in [1.29, 1.82) is 0 Å². The molecule has 0 aliphatic heterocycles.